The molecule has 0 fully saturated rings. The molecule has 0 aliphatic heterocycles. The highest BCUT2D eigenvalue weighted by atomic mass is 16.3. The molecule has 29 heavy (non-hydrogen) atoms. The van der Waals surface area contributed by atoms with E-state index >= 15 is 0 Å². The number of aromatic nitrogens is 2. The minimum atomic E-state index is -2.56. The van der Waals surface area contributed by atoms with Gasteiger partial charge in [0.15, 0.2) is 5.60 Å². The Morgan fingerprint density at radius 1 is 1.24 bits per heavy atom. The average Bonchev–Trinajstić information content (AvgIpc) is 2.64. The Hall–Kier alpha value is -3.11. The number of amides is 1. The lowest BCUT2D eigenvalue weighted by atomic mass is 9.59. The van der Waals surface area contributed by atoms with Gasteiger partial charge in [0.2, 0.25) is 11.6 Å². The summed E-state index contributed by atoms with van der Waals surface area (Å²) >= 11 is 0. The minimum absolute atomic E-state index is 0.0493. The van der Waals surface area contributed by atoms with Crippen molar-refractivity contribution in [2.24, 2.45) is 17.6 Å². The number of nitrogens with two attached hydrogens (primary N) is 1. The largest absolute Gasteiger partial charge is 0.510 e. The Labute approximate surface area is 165 Å². The molecule has 5 N–H and O–H groups in total. The van der Waals surface area contributed by atoms with E-state index in [0.717, 1.165) is 0 Å². The summed E-state index contributed by atoms with van der Waals surface area (Å²) < 4.78 is 0. The van der Waals surface area contributed by atoms with Gasteiger partial charge in [0, 0.05) is 23.9 Å². The highest BCUT2D eigenvalue weighted by molar-refractivity contribution is 6.24. The maximum absolute atomic E-state index is 13.0. The van der Waals surface area contributed by atoms with Crippen LogP contribution >= 0.6 is 0 Å². The molecule has 0 unspecified atom stereocenters. The number of aliphatic hydroxyl groups is 3. The first-order valence-electron chi connectivity index (χ1n) is 9.05. The number of nitrogens with zero attached hydrogens (tertiary/aromatic N) is 3. The molecule has 3 aliphatic rings. The molecule has 1 amide bonds. The van der Waals surface area contributed by atoms with Crippen LogP contribution in [-0.2, 0) is 16.0 Å². The number of allylic oxidation sites excluding steroid dienone is 1. The molecule has 1 heterocycles. The Kier molecular flexibility index (Phi) is 4.10. The van der Waals surface area contributed by atoms with Crippen molar-refractivity contribution >= 4 is 17.5 Å². The number of ketones is 2. The number of Topliss-reactive ketones (excluding diaryl/α,β-unsaturated/α-hetero) is 2. The standard InChI is InChI=1S/C19H20N4O6/c1-23(2)13-8-5-7-6-9-12(22-4-3-21-9)14(24)10(7)16(26)19(8,29)17(27)11(15(13)25)18(20)28/h3-4,7-8,13,25-26,29H,5-6H2,1-2H3,(H2,20,28)/t7-,8+,13+,19+/m1/s1. The van der Waals surface area contributed by atoms with Gasteiger partial charge < -0.3 is 21.1 Å². The molecule has 4 rings (SSSR count). The Balaban J connectivity index is 1.96. The number of carbonyl (C=O) groups is 3. The maximum Gasteiger partial charge on any atom is 0.255 e. The Morgan fingerprint density at radius 3 is 2.52 bits per heavy atom. The van der Waals surface area contributed by atoms with E-state index < -0.39 is 58.0 Å². The van der Waals surface area contributed by atoms with Crippen LogP contribution < -0.4 is 5.73 Å². The lowest BCUT2D eigenvalue weighted by Crippen LogP contribution is -2.63. The van der Waals surface area contributed by atoms with Gasteiger partial charge in [-0.3, -0.25) is 24.3 Å². The molecule has 10 heteroatoms. The van der Waals surface area contributed by atoms with Crippen LogP contribution in [0.4, 0.5) is 0 Å². The lowest BCUT2D eigenvalue weighted by Gasteiger charge is -2.49. The summed E-state index contributed by atoms with van der Waals surface area (Å²) in [7, 11) is 3.19. The zero-order valence-corrected chi connectivity index (χ0v) is 15.8. The van der Waals surface area contributed by atoms with Gasteiger partial charge >= 0.3 is 0 Å². The molecule has 0 aromatic carbocycles. The van der Waals surface area contributed by atoms with Crippen molar-refractivity contribution in [2.75, 3.05) is 14.1 Å². The van der Waals surface area contributed by atoms with Gasteiger partial charge in [-0.25, -0.2) is 4.98 Å². The van der Waals surface area contributed by atoms with E-state index in [2.05, 4.69) is 9.97 Å². The van der Waals surface area contributed by atoms with E-state index in [1.807, 2.05) is 0 Å². The van der Waals surface area contributed by atoms with Crippen LogP contribution in [0.2, 0.25) is 0 Å². The number of likely N-dealkylation sites (N-methyl/N-ethyl adjacent to an activating group) is 1. The number of hydrogen-bond donors (Lipinski definition) is 4. The molecule has 0 radical (unpaired) electrons. The monoisotopic (exact) mass is 400 g/mol. The molecule has 0 saturated carbocycles. The van der Waals surface area contributed by atoms with Crippen molar-refractivity contribution in [3.63, 3.8) is 0 Å². The van der Waals surface area contributed by atoms with Gasteiger partial charge in [-0.2, -0.15) is 0 Å². The van der Waals surface area contributed by atoms with Gasteiger partial charge in [-0.1, -0.05) is 0 Å². The summed E-state index contributed by atoms with van der Waals surface area (Å²) in [5.74, 6) is -5.97. The molecule has 0 saturated heterocycles. The molecule has 1 aromatic rings. The summed E-state index contributed by atoms with van der Waals surface area (Å²) in [6.45, 7) is 0. The predicted molar refractivity (Wildman–Crippen MR) is 97.6 cm³/mol. The van der Waals surface area contributed by atoms with Crippen LogP contribution in [0.3, 0.4) is 0 Å². The zero-order valence-electron chi connectivity index (χ0n) is 15.8. The Morgan fingerprint density at radius 2 is 1.90 bits per heavy atom. The molecule has 152 valence electrons. The van der Waals surface area contributed by atoms with Crippen molar-refractivity contribution in [3.8, 4) is 0 Å². The third-order valence-corrected chi connectivity index (χ3v) is 6.07. The number of hydrogen-bond acceptors (Lipinski definition) is 9. The smallest absolute Gasteiger partial charge is 0.255 e. The first kappa shape index (κ1) is 19.2. The maximum atomic E-state index is 13.0. The van der Waals surface area contributed by atoms with Crippen LogP contribution in [-0.4, -0.2) is 73.4 Å². The van der Waals surface area contributed by atoms with E-state index in [1.54, 1.807) is 14.1 Å². The minimum Gasteiger partial charge on any atom is -0.510 e. The summed E-state index contributed by atoms with van der Waals surface area (Å²) in [6.07, 6.45) is 3.18. The van der Waals surface area contributed by atoms with Gasteiger partial charge in [-0.15, -0.1) is 0 Å². The number of carbonyl (C=O) groups excluding carboxylic acids is 3. The molecule has 1 aromatic heterocycles. The fraction of sp³-hybridized carbons (Fsp3) is 0.421. The van der Waals surface area contributed by atoms with E-state index in [4.69, 9.17) is 5.73 Å². The quantitative estimate of drug-likeness (QED) is 0.465. The fourth-order valence-corrected chi connectivity index (χ4v) is 4.84. The molecular weight excluding hydrogens is 380 g/mol. The van der Waals surface area contributed by atoms with Crippen LogP contribution in [0.25, 0.3) is 0 Å². The van der Waals surface area contributed by atoms with Crippen molar-refractivity contribution < 1.29 is 29.7 Å². The first-order valence-corrected chi connectivity index (χ1v) is 9.05. The third kappa shape index (κ3) is 2.39. The average molecular weight is 400 g/mol. The SMILES string of the molecule is CN(C)[C@@H]1C(O)=C(C(N)=O)C(=O)[C@@]2(O)C(O)=C3C(=O)c4nccnc4C[C@H]3C[C@@H]12. The van der Waals surface area contributed by atoms with Crippen molar-refractivity contribution in [3.05, 3.63) is 46.4 Å². The second-order valence-corrected chi connectivity index (χ2v) is 7.81. The number of fused-ring (bicyclic) bond motifs is 3. The first-order chi connectivity index (χ1) is 13.6. The second-order valence-electron chi connectivity index (χ2n) is 7.81. The van der Waals surface area contributed by atoms with Crippen LogP contribution in [0.1, 0.15) is 22.6 Å². The molecule has 3 aliphatic carbocycles. The van der Waals surface area contributed by atoms with Gasteiger partial charge in [0.05, 0.1) is 11.7 Å². The molecule has 0 spiro atoms. The van der Waals surface area contributed by atoms with Gasteiger partial charge in [-0.05, 0) is 32.9 Å². The lowest BCUT2D eigenvalue weighted by molar-refractivity contribution is -0.148. The Bertz CT molecular complexity index is 1030. The molecule has 0 bridgehead atoms. The van der Waals surface area contributed by atoms with E-state index in [1.165, 1.54) is 17.3 Å². The zero-order chi connectivity index (χ0) is 21.2. The highest BCUT2D eigenvalue weighted by Crippen LogP contribution is 2.51. The second kappa shape index (κ2) is 6.19. The van der Waals surface area contributed by atoms with Crippen molar-refractivity contribution in [2.45, 2.75) is 24.5 Å². The number of rotatable bonds is 2. The molecule has 10 nitrogen and oxygen atoms in total. The van der Waals surface area contributed by atoms with Crippen LogP contribution in [0, 0.1) is 11.8 Å². The number of primary amides is 1. The van der Waals surface area contributed by atoms with E-state index in [0.29, 0.717) is 5.69 Å². The van der Waals surface area contributed by atoms with Crippen molar-refractivity contribution in [1.82, 2.24) is 14.9 Å². The van der Waals surface area contributed by atoms with Gasteiger partial charge in [0.25, 0.3) is 5.91 Å². The van der Waals surface area contributed by atoms with Crippen LogP contribution in [0.15, 0.2) is 35.1 Å². The fourth-order valence-electron chi connectivity index (χ4n) is 4.84. The van der Waals surface area contributed by atoms with Crippen LogP contribution in [0.5, 0.6) is 0 Å². The summed E-state index contributed by atoms with van der Waals surface area (Å²) in [5, 5.41) is 32.9. The third-order valence-electron chi connectivity index (χ3n) is 6.07. The predicted octanol–water partition coefficient (Wildman–Crippen LogP) is -0.795. The number of aliphatic hydroxyl groups excluding tert-OH is 2. The van der Waals surface area contributed by atoms with E-state index in [-0.39, 0.29) is 24.1 Å². The normalized spacial score (nSPS) is 31.5. The molecule has 4 atom stereocenters. The molecular formula is C19H20N4O6. The summed E-state index contributed by atoms with van der Waals surface area (Å²) in [4.78, 5) is 47.6. The summed E-state index contributed by atoms with van der Waals surface area (Å²) in [5.41, 5.74) is 2.32. The van der Waals surface area contributed by atoms with Crippen molar-refractivity contribution in [1.29, 1.82) is 0 Å². The van der Waals surface area contributed by atoms with Gasteiger partial charge in [0.1, 0.15) is 22.8 Å². The summed E-state index contributed by atoms with van der Waals surface area (Å²) in [6, 6.07) is -0.970. The van der Waals surface area contributed by atoms with E-state index in [9.17, 15) is 29.7 Å². The highest BCUT2D eigenvalue weighted by Gasteiger charge is 2.63. The topological polar surface area (TPSA) is 167 Å².